The molecule has 3 N–H and O–H groups in total. The molecule has 1 aromatic rings. The third kappa shape index (κ3) is 3.67. The second-order valence-corrected chi connectivity index (χ2v) is 3.38. The van der Waals surface area contributed by atoms with Gasteiger partial charge >= 0.3 is 0 Å². The fraction of sp³-hybridized carbons (Fsp3) is 0.364. The van der Waals surface area contributed by atoms with Crippen molar-refractivity contribution in [3.63, 3.8) is 0 Å². The molecule has 15 heavy (non-hydrogen) atoms. The van der Waals surface area contributed by atoms with Crippen LogP contribution in [0.4, 0.5) is 4.39 Å². The van der Waals surface area contributed by atoms with E-state index < -0.39 is 0 Å². The Hall–Kier alpha value is -1.42. The highest BCUT2D eigenvalue weighted by molar-refractivity contribution is 5.76. The number of nitrogens with one attached hydrogen (secondary N) is 1. The van der Waals surface area contributed by atoms with Crippen LogP contribution < -0.4 is 11.1 Å². The number of benzene rings is 1. The monoisotopic (exact) mass is 210 g/mol. The van der Waals surface area contributed by atoms with Crippen molar-refractivity contribution in [3.8, 4) is 0 Å². The average molecular weight is 210 g/mol. The van der Waals surface area contributed by atoms with Crippen molar-refractivity contribution >= 4 is 5.91 Å². The first-order valence-electron chi connectivity index (χ1n) is 4.88. The van der Waals surface area contributed by atoms with Crippen molar-refractivity contribution in [3.05, 3.63) is 35.6 Å². The molecular weight excluding hydrogens is 195 g/mol. The van der Waals surface area contributed by atoms with Crippen LogP contribution in [0.15, 0.2) is 24.3 Å². The maximum Gasteiger partial charge on any atom is 0.221 e. The molecule has 0 spiro atoms. The third-order valence-electron chi connectivity index (χ3n) is 2.10. The summed E-state index contributed by atoms with van der Waals surface area (Å²) in [6.07, 6.45) is 0.291. The summed E-state index contributed by atoms with van der Waals surface area (Å²) in [5.74, 6) is -0.415. The maximum atomic E-state index is 12.9. The minimum Gasteiger partial charge on any atom is -0.350 e. The Kier molecular flexibility index (Phi) is 4.24. The van der Waals surface area contributed by atoms with Gasteiger partial charge in [-0.2, -0.15) is 0 Å². The predicted molar refractivity (Wildman–Crippen MR) is 56.6 cm³/mol. The first kappa shape index (κ1) is 11.7. The summed E-state index contributed by atoms with van der Waals surface area (Å²) in [5.41, 5.74) is 6.00. The summed E-state index contributed by atoms with van der Waals surface area (Å²) in [4.78, 5) is 11.2. The van der Waals surface area contributed by atoms with Crippen LogP contribution in [0.5, 0.6) is 0 Å². The average Bonchev–Trinajstić information content (AvgIpc) is 2.18. The summed E-state index contributed by atoms with van der Waals surface area (Å²) in [6.45, 7) is 2.13. The number of amides is 1. The second kappa shape index (κ2) is 5.46. The van der Waals surface area contributed by atoms with Gasteiger partial charge in [-0.05, 0) is 24.6 Å². The third-order valence-corrected chi connectivity index (χ3v) is 2.10. The normalized spacial score (nSPS) is 12.2. The maximum absolute atomic E-state index is 12.9. The lowest BCUT2D eigenvalue weighted by Gasteiger charge is -2.13. The zero-order valence-corrected chi connectivity index (χ0v) is 8.66. The van der Waals surface area contributed by atoms with Crippen LogP contribution >= 0.6 is 0 Å². The molecule has 0 fully saturated rings. The van der Waals surface area contributed by atoms with E-state index in [2.05, 4.69) is 5.32 Å². The summed E-state index contributed by atoms with van der Waals surface area (Å²) < 4.78 is 12.9. The Bertz CT molecular complexity index is 341. The number of carbonyl (C=O) groups is 1. The fourth-order valence-electron chi connectivity index (χ4n) is 1.30. The van der Waals surface area contributed by atoms with Gasteiger partial charge in [0.1, 0.15) is 5.82 Å². The lowest BCUT2D eigenvalue weighted by Crippen LogP contribution is -2.28. The minimum atomic E-state index is -0.299. The Morgan fingerprint density at radius 1 is 1.60 bits per heavy atom. The van der Waals surface area contributed by atoms with Gasteiger partial charge in [0.05, 0.1) is 6.04 Å². The molecule has 0 bridgehead atoms. The van der Waals surface area contributed by atoms with Crippen molar-refractivity contribution in [2.75, 3.05) is 6.54 Å². The van der Waals surface area contributed by atoms with E-state index in [4.69, 9.17) is 5.73 Å². The van der Waals surface area contributed by atoms with Gasteiger partial charge in [0.15, 0.2) is 0 Å². The molecular formula is C11H15FN2O. The molecule has 82 valence electrons. The molecule has 1 amide bonds. The first-order valence-corrected chi connectivity index (χ1v) is 4.88. The summed E-state index contributed by atoms with van der Waals surface area (Å²) >= 11 is 0. The van der Waals surface area contributed by atoms with Gasteiger partial charge in [0, 0.05) is 13.0 Å². The molecule has 0 aromatic heterocycles. The van der Waals surface area contributed by atoms with Crippen molar-refractivity contribution in [2.24, 2.45) is 5.73 Å². The van der Waals surface area contributed by atoms with Gasteiger partial charge in [0.25, 0.3) is 0 Å². The molecule has 0 aliphatic carbocycles. The van der Waals surface area contributed by atoms with Crippen molar-refractivity contribution < 1.29 is 9.18 Å². The summed E-state index contributed by atoms with van der Waals surface area (Å²) in [5, 5.41) is 2.74. The Balaban J connectivity index is 2.60. The molecule has 1 rings (SSSR count). The van der Waals surface area contributed by atoms with Gasteiger partial charge in [-0.15, -0.1) is 0 Å². The van der Waals surface area contributed by atoms with Crippen molar-refractivity contribution in [2.45, 2.75) is 19.4 Å². The lowest BCUT2D eigenvalue weighted by atomic mass is 10.1. The largest absolute Gasteiger partial charge is 0.350 e. The van der Waals surface area contributed by atoms with Crippen LogP contribution in [0.2, 0.25) is 0 Å². The van der Waals surface area contributed by atoms with Gasteiger partial charge in [-0.1, -0.05) is 12.1 Å². The van der Waals surface area contributed by atoms with Gasteiger partial charge in [0.2, 0.25) is 5.91 Å². The van der Waals surface area contributed by atoms with E-state index in [1.54, 1.807) is 12.1 Å². The predicted octanol–water partition coefficient (Wildman–Crippen LogP) is 1.35. The Labute approximate surface area is 88.5 Å². The Morgan fingerprint density at radius 2 is 2.33 bits per heavy atom. The van der Waals surface area contributed by atoms with Crippen molar-refractivity contribution in [1.29, 1.82) is 0 Å². The zero-order chi connectivity index (χ0) is 11.3. The second-order valence-electron chi connectivity index (χ2n) is 3.38. The molecule has 0 aliphatic rings. The molecule has 0 heterocycles. The number of carbonyl (C=O) groups excluding carboxylic acids is 1. The molecule has 4 heteroatoms. The van der Waals surface area contributed by atoms with Crippen LogP contribution in [-0.2, 0) is 4.79 Å². The van der Waals surface area contributed by atoms with Gasteiger partial charge in [-0.25, -0.2) is 4.39 Å². The van der Waals surface area contributed by atoms with Gasteiger partial charge in [-0.3, -0.25) is 4.79 Å². The summed E-state index contributed by atoms with van der Waals surface area (Å²) in [6, 6.07) is 5.98. The van der Waals surface area contributed by atoms with Crippen LogP contribution in [0.25, 0.3) is 0 Å². The highest BCUT2D eigenvalue weighted by Crippen LogP contribution is 2.13. The van der Waals surface area contributed by atoms with E-state index in [-0.39, 0.29) is 17.8 Å². The number of hydrogen-bond acceptors (Lipinski definition) is 2. The topological polar surface area (TPSA) is 55.1 Å². The highest BCUT2D eigenvalue weighted by Gasteiger charge is 2.08. The first-order chi connectivity index (χ1) is 7.13. The van der Waals surface area contributed by atoms with E-state index in [9.17, 15) is 9.18 Å². The number of nitrogens with two attached hydrogens (primary N) is 1. The van der Waals surface area contributed by atoms with Crippen LogP contribution in [0, 0.1) is 5.82 Å². The fourth-order valence-corrected chi connectivity index (χ4v) is 1.30. The number of rotatable bonds is 4. The highest BCUT2D eigenvalue weighted by atomic mass is 19.1. The lowest BCUT2D eigenvalue weighted by molar-refractivity contribution is -0.121. The van der Waals surface area contributed by atoms with Crippen LogP contribution in [-0.4, -0.2) is 12.5 Å². The molecule has 0 aliphatic heterocycles. The van der Waals surface area contributed by atoms with Gasteiger partial charge < -0.3 is 11.1 Å². The molecule has 0 saturated carbocycles. The molecule has 1 atom stereocenters. The Morgan fingerprint density at radius 3 is 2.93 bits per heavy atom. The number of hydrogen-bond donors (Lipinski definition) is 2. The standard InChI is InChI=1S/C11H15FN2O/c1-8(14-11(15)5-6-13)9-3-2-4-10(12)7-9/h2-4,7-8H,5-6,13H2,1H3,(H,14,15). The SMILES string of the molecule is CC(NC(=O)CCN)c1cccc(F)c1. The molecule has 0 saturated heterocycles. The van der Waals surface area contributed by atoms with E-state index in [1.165, 1.54) is 12.1 Å². The molecule has 1 unspecified atom stereocenters. The van der Waals surface area contributed by atoms with E-state index in [0.29, 0.717) is 13.0 Å². The van der Waals surface area contributed by atoms with E-state index in [1.807, 2.05) is 6.92 Å². The van der Waals surface area contributed by atoms with E-state index in [0.717, 1.165) is 5.56 Å². The molecule has 3 nitrogen and oxygen atoms in total. The zero-order valence-electron chi connectivity index (χ0n) is 8.66. The quantitative estimate of drug-likeness (QED) is 0.788. The van der Waals surface area contributed by atoms with Crippen molar-refractivity contribution in [1.82, 2.24) is 5.32 Å². The molecule has 1 aromatic carbocycles. The minimum absolute atomic E-state index is 0.116. The number of halogens is 1. The van der Waals surface area contributed by atoms with Crippen LogP contribution in [0.3, 0.4) is 0 Å². The summed E-state index contributed by atoms with van der Waals surface area (Å²) in [7, 11) is 0. The van der Waals surface area contributed by atoms with Crippen LogP contribution in [0.1, 0.15) is 24.9 Å². The smallest absolute Gasteiger partial charge is 0.221 e. The van der Waals surface area contributed by atoms with E-state index >= 15 is 0 Å². The molecule has 0 radical (unpaired) electrons.